The van der Waals surface area contributed by atoms with Gasteiger partial charge in [0.1, 0.15) is 5.82 Å². The number of nitrogens with one attached hydrogen (secondary N) is 1. The van der Waals surface area contributed by atoms with E-state index >= 15 is 0 Å². The number of hydrogen-bond donors (Lipinski definition) is 2. The lowest BCUT2D eigenvalue weighted by molar-refractivity contribution is -0.119. The topological polar surface area (TPSA) is 67.6 Å². The Labute approximate surface area is 124 Å². The summed E-state index contributed by atoms with van der Waals surface area (Å²) in [7, 11) is 0. The molecule has 0 aliphatic carbocycles. The first-order valence-corrected chi connectivity index (χ1v) is 7.17. The summed E-state index contributed by atoms with van der Waals surface area (Å²) in [4.78, 5) is 14.0. The third-order valence-corrected chi connectivity index (χ3v) is 3.73. The van der Waals surface area contributed by atoms with Gasteiger partial charge in [0.15, 0.2) is 0 Å². The smallest absolute Gasteiger partial charge is 0.228 e. The van der Waals surface area contributed by atoms with Crippen molar-refractivity contribution in [3.8, 4) is 0 Å². The number of morpholine rings is 1. The van der Waals surface area contributed by atoms with E-state index in [0.717, 1.165) is 5.69 Å². The van der Waals surface area contributed by atoms with Crippen LogP contribution in [0.15, 0.2) is 18.2 Å². The van der Waals surface area contributed by atoms with Gasteiger partial charge < -0.3 is 20.7 Å². The standard InChI is InChI=1S/C15H22FN3O2/c1-10(11(2)17)15(20)18-13-7-12(16)8-14(9-13)19-3-5-21-6-4-19/h7-11H,3-6,17H2,1-2H3,(H,18,20). The summed E-state index contributed by atoms with van der Waals surface area (Å²) < 4.78 is 19.0. The maximum atomic E-state index is 13.8. The highest BCUT2D eigenvalue weighted by Crippen LogP contribution is 2.23. The second-order valence-corrected chi connectivity index (χ2v) is 5.43. The predicted octanol–water partition coefficient (Wildman–Crippen LogP) is 1.58. The quantitative estimate of drug-likeness (QED) is 0.885. The number of halogens is 1. The Bertz CT molecular complexity index is 502. The van der Waals surface area contributed by atoms with E-state index in [1.165, 1.54) is 12.1 Å². The molecule has 5 nitrogen and oxygen atoms in total. The zero-order chi connectivity index (χ0) is 15.4. The monoisotopic (exact) mass is 295 g/mol. The molecule has 116 valence electrons. The Kier molecular flexibility index (Phi) is 5.14. The van der Waals surface area contributed by atoms with Crippen LogP contribution >= 0.6 is 0 Å². The number of nitrogens with two attached hydrogens (primary N) is 1. The fourth-order valence-corrected chi connectivity index (χ4v) is 2.15. The van der Waals surface area contributed by atoms with Crippen LogP contribution in [0.3, 0.4) is 0 Å². The minimum Gasteiger partial charge on any atom is -0.378 e. The molecule has 2 rings (SSSR count). The third-order valence-electron chi connectivity index (χ3n) is 3.73. The van der Waals surface area contributed by atoms with Gasteiger partial charge in [0.25, 0.3) is 0 Å². The Morgan fingerprint density at radius 1 is 1.33 bits per heavy atom. The molecule has 1 aromatic carbocycles. The van der Waals surface area contributed by atoms with Gasteiger partial charge in [-0.1, -0.05) is 6.92 Å². The van der Waals surface area contributed by atoms with Crippen LogP contribution in [0, 0.1) is 11.7 Å². The fourth-order valence-electron chi connectivity index (χ4n) is 2.15. The van der Waals surface area contributed by atoms with E-state index in [-0.39, 0.29) is 23.7 Å². The Hall–Kier alpha value is -1.66. The Morgan fingerprint density at radius 2 is 2.00 bits per heavy atom. The van der Waals surface area contributed by atoms with E-state index in [0.29, 0.717) is 32.0 Å². The van der Waals surface area contributed by atoms with E-state index in [1.54, 1.807) is 19.9 Å². The largest absolute Gasteiger partial charge is 0.378 e. The minimum absolute atomic E-state index is 0.205. The van der Waals surface area contributed by atoms with Gasteiger partial charge in [-0.2, -0.15) is 0 Å². The van der Waals surface area contributed by atoms with E-state index < -0.39 is 0 Å². The van der Waals surface area contributed by atoms with Crippen molar-refractivity contribution in [2.24, 2.45) is 11.7 Å². The Balaban J connectivity index is 2.13. The summed E-state index contributed by atoms with van der Waals surface area (Å²) in [5.74, 6) is -0.911. The van der Waals surface area contributed by atoms with Gasteiger partial charge in [-0.15, -0.1) is 0 Å². The van der Waals surface area contributed by atoms with Crippen LogP contribution in [-0.2, 0) is 9.53 Å². The molecule has 1 heterocycles. The maximum Gasteiger partial charge on any atom is 0.228 e. The number of hydrogen-bond acceptors (Lipinski definition) is 4. The fraction of sp³-hybridized carbons (Fsp3) is 0.533. The van der Waals surface area contributed by atoms with Crippen molar-refractivity contribution in [2.45, 2.75) is 19.9 Å². The normalized spacial score (nSPS) is 18.2. The first kappa shape index (κ1) is 15.7. The lowest BCUT2D eigenvalue weighted by Gasteiger charge is -2.29. The van der Waals surface area contributed by atoms with Crippen LogP contribution in [-0.4, -0.2) is 38.3 Å². The van der Waals surface area contributed by atoms with Crippen molar-refractivity contribution in [2.75, 3.05) is 36.5 Å². The van der Waals surface area contributed by atoms with Crippen LogP contribution in [0.25, 0.3) is 0 Å². The van der Waals surface area contributed by atoms with E-state index in [9.17, 15) is 9.18 Å². The molecule has 1 amide bonds. The molecule has 1 aliphatic heterocycles. The molecule has 6 heteroatoms. The van der Waals surface area contributed by atoms with Crippen LogP contribution in [0.4, 0.5) is 15.8 Å². The second kappa shape index (κ2) is 6.87. The first-order valence-electron chi connectivity index (χ1n) is 7.17. The van der Waals surface area contributed by atoms with Gasteiger partial charge in [-0.05, 0) is 25.1 Å². The Morgan fingerprint density at radius 3 is 2.62 bits per heavy atom. The van der Waals surface area contributed by atoms with Gasteiger partial charge in [-0.25, -0.2) is 4.39 Å². The van der Waals surface area contributed by atoms with Gasteiger partial charge in [0.2, 0.25) is 5.91 Å². The zero-order valence-corrected chi connectivity index (χ0v) is 12.4. The average Bonchev–Trinajstić information content (AvgIpc) is 2.46. The zero-order valence-electron chi connectivity index (χ0n) is 12.4. The molecule has 1 fully saturated rings. The number of rotatable bonds is 4. The van der Waals surface area contributed by atoms with Crippen LogP contribution in [0.1, 0.15) is 13.8 Å². The van der Waals surface area contributed by atoms with Crippen molar-refractivity contribution in [1.82, 2.24) is 0 Å². The molecule has 1 aromatic rings. The molecule has 0 aromatic heterocycles. The molecular formula is C15H22FN3O2. The van der Waals surface area contributed by atoms with Crippen molar-refractivity contribution >= 4 is 17.3 Å². The van der Waals surface area contributed by atoms with Crippen molar-refractivity contribution in [3.05, 3.63) is 24.0 Å². The number of ether oxygens (including phenoxy) is 1. The molecule has 1 saturated heterocycles. The lowest BCUT2D eigenvalue weighted by Crippen LogP contribution is -2.36. The SMILES string of the molecule is CC(N)C(C)C(=O)Nc1cc(F)cc(N2CCOCC2)c1. The van der Waals surface area contributed by atoms with Crippen LogP contribution in [0.2, 0.25) is 0 Å². The summed E-state index contributed by atoms with van der Waals surface area (Å²) in [5, 5.41) is 2.73. The van der Waals surface area contributed by atoms with Gasteiger partial charge in [-0.3, -0.25) is 4.79 Å². The molecule has 0 bridgehead atoms. The number of carbonyl (C=O) groups excluding carboxylic acids is 1. The molecule has 21 heavy (non-hydrogen) atoms. The number of benzene rings is 1. The first-order chi connectivity index (χ1) is 9.97. The van der Waals surface area contributed by atoms with Gasteiger partial charge in [0, 0.05) is 30.5 Å². The highest BCUT2D eigenvalue weighted by molar-refractivity contribution is 5.93. The molecule has 0 radical (unpaired) electrons. The summed E-state index contributed by atoms with van der Waals surface area (Å²) in [5.41, 5.74) is 6.91. The minimum atomic E-state index is -0.372. The number of anilines is 2. The average molecular weight is 295 g/mol. The lowest BCUT2D eigenvalue weighted by atomic mass is 10.0. The van der Waals surface area contributed by atoms with Crippen LogP contribution < -0.4 is 16.0 Å². The molecule has 3 N–H and O–H groups in total. The predicted molar refractivity (Wildman–Crippen MR) is 80.9 cm³/mol. The second-order valence-electron chi connectivity index (χ2n) is 5.43. The van der Waals surface area contributed by atoms with Gasteiger partial charge in [0.05, 0.1) is 19.1 Å². The molecule has 0 saturated carbocycles. The molecular weight excluding hydrogens is 273 g/mol. The van der Waals surface area contributed by atoms with Crippen LogP contribution in [0.5, 0.6) is 0 Å². The summed E-state index contributed by atoms with van der Waals surface area (Å²) >= 11 is 0. The van der Waals surface area contributed by atoms with E-state index in [4.69, 9.17) is 10.5 Å². The summed E-state index contributed by atoms with van der Waals surface area (Å²) in [6.07, 6.45) is 0. The molecule has 2 unspecified atom stereocenters. The van der Waals surface area contributed by atoms with Crippen molar-refractivity contribution in [3.63, 3.8) is 0 Å². The summed E-state index contributed by atoms with van der Waals surface area (Å²) in [6, 6.07) is 4.31. The summed E-state index contributed by atoms with van der Waals surface area (Å²) in [6.45, 7) is 6.21. The van der Waals surface area contributed by atoms with E-state index in [2.05, 4.69) is 5.32 Å². The van der Waals surface area contributed by atoms with E-state index in [1.807, 2.05) is 4.90 Å². The third kappa shape index (κ3) is 4.15. The number of carbonyl (C=O) groups is 1. The van der Waals surface area contributed by atoms with Crippen molar-refractivity contribution < 1.29 is 13.9 Å². The highest BCUT2D eigenvalue weighted by atomic mass is 19.1. The molecule has 2 atom stereocenters. The molecule has 1 aliphatic rings. The number of amides is 1. The maximum absolute atomic E-state index is 13.8. The van der Waals surface area contributed by atoms with Crippen molar-refractivity contribution in [1.29, 1.82) is 0 Å². The highest BCUT2D eigenvalue weighted by Gasteiger charge is 2.18. The molecule has 0 spiro atoms. The van der Waals surface area contributed by atoms with Gasteiger partial charge >= 0.3 is 0 Å². The number of nitrogens with zero attached hydrogens (tertiary/aromatic N) is 1.